The van der Waals surface area contributed by atoms with Gasteiger partial charge in [-0.3, -0.25) is 15.2 Å². The molecular weight excluding hydrogens is 234 g/mol. The van der Waals surface area contributed by atoms with Crippen molar-refractivity contribution < 1.29 is 4.79 Å². The van der Waals surface area contributed by atoms with Crippen molar-refractivity contribution in [3.63, 3.8) is 0 Å². The van der Waals surface area contributed by atoms with E-state index in [9.17, 15) is 4.79 Å². The average molecular weight is 253 g/mol. The van der Waals surface area contributed by atoms with Crippen molar-refractivity contribution in [1.82, 2.24) is 10.4 Å². The molecule has 0 radical (unpaired) electrons. The minimum Gasteiger partial charge on any atom is -0.290 e. The fraction of sp³-hybridized carbons (Fsp3) is 0.500. The van der Waals surface area contributed by atoms with Gasteiger partial charge in [0, 0.05) is 17.2 Å². The summed E-state index contributed by atoms with van der Waals surface area (Å²) in [5, 5.41) is 0.601. The fourth-order valence-electron chi connectivity index (χ4n) is 1.14. The lowest BCUT2D eigenvalue weighted by Gasteiger charge is -2.14. The van der Waals surface area contributed by atoms with Crippen molar-refractivity contribution in [2.24, 2.45) is 11.8 Å². The van der Waals surface area contributed by atoms with Crippen LogP contribution in [0.15, 0.2) is 18.3 Å². The van der Waals surface area contributed by atoms with Crippen LogP contribution < -0.4 is 11.3 Å². The molecule has 1 aromatic heterocycles. The average Bonchev–Trinajstić information content (AvgIpc) is 2.35. The third kappa shape index (κ3) is 4.36. The fourth-order valence-corrected chi connectivity index (χ4v) is 2.13. The van der Waals surface area contributed by atoms with Crippen molar-refractivity contribution in [2.75, 3.05) is 0 Å². The van der Waals surface area contributed by atoms with Crippen LogP contribution in [-0.2, 0) is 5.75 Å². The Morgan fingerprint density at radius 3 is 2.65 bits per heavy atom. The van der Waals surface area contributed by atoms with Crippen molar-refractivity contribution >= 4 is 17.7 Å². The Balaban J connectivity index is 2.54. The Bertz CT molecular complexity index is 365. The van der Waals surface area contributed by atoms with Gasteiger partial charge in [0.05, 0.1) is 11.3 Å². The molecule has 0 fully saturated rings. The van der Waals surface area contributed by atoms with Gasteiger partial charge in [-0.15, -0.1) is 0 Å². The summed E-state index contributed by atoms with van der Waals surface area (Å²) in [7, 11) is 0. The van der Waals surface area contributed by atoms with Gasteiger partial charge in [-0.1, -0.05) is 20.8 Å². The highest BCUT2D eigenvalue weighted by Gasteiger charge is 2.08. The van der Waals surface area contributed by atoms with Crippen LogP contribution in [0.1, 0.15) is 36.8 Å². The molecule has 0 aliphatic carbocycles. The highest BCUT2D eigenvalue weighted by molar-refractivity contribution is 7.99. The lowest BCUT2D eigenvalue weighted by molar-refractivity contribution is 0.0953. The number of nitrogen functional groups attached to an aromatic ring is 1. The molecule has 1 amide bonds. The van der Waals surface area contributed by atoms with Crippen LogP contribution in [0.25, 0.3) is 0 Å². The molecule has 0 bridgehead atoms. The van der Waals surface area contributed by atoms with Gasteiger partial charge in [0.1, 0.15) is 0 Å². The van der Waals surface area contributed by atoms with Gasteiger partial charge in [-0.05, 0) is 18.1 Å². The van der Waals surface area contributed by atoms with Crippen molar-refractivity contribution in [3.05, 3.63) is 29.6 Å². The second-order valence-corrected chi connectivity index (χ2v) is 5.64. The highest BCUT2D eigenvalue weighted by atomic mass is 32.2. The summed E-state index contributed by atoms with van der Waals surface area (Å²) in [4.78, 5) is 15.4. The summed E-state index contributed by atoms with van der Waals surface area (Å²) in [6.07, 6.45) is 1.55. The van der Waals surface area contributed by atoms with Crippen LogP contribution in [0.5, 0.6) is 0 Å². The van der Waals surface area contributed by atoms with Gasteiger partial charge >= 0.3 is 0 Å². The normalized spacial score (nSPS) is 12.5. The number of carbonyl (C=O) groups is 1. The van der Waals surface area contributed by atoms with Crippen molar-refractivity contribution in [1.29, 1.82) is 0 Å². The minimum atomic E-state index is -0.313. The molecule has 0 aromatic carbocycles. The number of amides is 1. The molecule has 0 saturated heterocycles. The van der Waals surface area contributed by atoms with E-state index >= 15 is 0 Å². The quantitative estimate of drug-likeness (QED) is 0.478. The van der Waals surface area contributed by atoms with Gasteiger partial charge in [0.25, 0.3) is 5.91 Å². The standard InChI is InChI=1S/C12H19N3OS/c1-8(2)9(3)17-7-11-5-4-10(6-14-11)12(16)15-13/h4-6,8-9H,7,13H2,1-3H3,(H,15,16). The van der Waals surface area contributed by atoms with Crippen molar-refractivity contribution in [3.8, 4) is 0 Å². The first kappa shape index (κ1) is 14.0. The van der Waals surface area contributed by atoms with Gasteiger partial charge in [-0.2, -0.15) is 11.8 Å². The molecular formula is C12H19N3OS. The number of hydrogen-bond donors (Lipinski definition) is 2. The topological polar surface area (TPSA) is 68.0 Å². The lowest BCUT2D eigenvalue weighted by atomic mass is 10.2. The second-order valence-electron chi connectivity index (χ2n) is 4.27. The zero-order chi connectivity index (χ0) is 12.8. The van der Waals surface area contributed by atoms with Crippen LogP contribution in [-0.4, -0.2) is 16.1 Å². The third-order valence-corrected chi connectivity index (χ3v) is 4.18. The van der Waals surface area contributed by atoms with E-state index in [1.165, 1.54) is 0 Å². The predicted molar refractivity (Wildman–Crippen MR) is 71.5 cm³/mol. The van der Waals surface area contributed by atoms with Gasteiger partial charge in [-0.25, -0.2) is 5.84 Å². The first-order valence-electron chi connectivity index (χ1n) is 5.62. The molecule has 5 heteroatoms. The van der Waals surface area contributed by atoms with Crippen molar-refractivity contribution in [2.45, 2.75) is 31.8 Å². The summed E-state index contributed by atoms with van der Waals surface area (Å²) in [6, 6.07) is 3.61. The molecule has 94 valence electrons. The van der Waals surface area contributed by atoms with E-state index < -0.39 is 0 Å². The number of hydrazine groups is 1. The van der Waals surface area contributed by atoms with E-state index in [0.29, 0.717) is 16.7 Å². The number of nitrogens with two attached hydrogens (primary N) is 1. The van der Waals surface area contributed by atoms with E-state index in [0.717, 1.165) is 11.4 Å². The first-order chi connectivity index (χ1) is 8.04. The Morgan fingerprint density at radius 2 is 2.18 bits per heavy atom. The molecule has 3 N–H and O–H groups in total. The van der Waals surface area contributed by atoms with E-state index in [-0.39, 0.29) is 5.91 Å². The predicted octanol–water partition coefficient (Wildman–Crippen LogP) is 1.96. The maximum absolute atomic E-state index is 11.2. The van der Waals surface area contributed by atoms with Crippen LogP contribution in [0, 0.1) is 5.92 Å². The number of hydrogen-bond acceptors (Lipinski definition) is 4. The SMILES string of the molecule is CC(C)C(C)SCc1ccc(C(=O)NN)cn1. The maximum atomic E-state index is 11.2. The number of pyridine rings is 1. The number of carbonyl (C=O) groups excluding carboxylic acids is 1. The number of thioether (sulfide) groups is 1. The van der Waals surface area contributed by atoms with Gasteiger partial charge in [0.15, 0.2) is 0 Å². The lowest BCUT2D eigenvalue weighted by Crippen LogP contribution is -2.30. The summed E-state index contributed by atoms with van der Waals surface area (Å²) in [5.41, 5.74) is 3.55. The van der Waals surface area contributed by atoms with Crippen LogP contribution in [0.2, 0.25) is 0 Å². The number of aromatic nitrogens is 1. The van der Waals surface area contributed by atoms with E-state index in [1.54, 1.807) is 12.3 Å². The molecule has 1 atom stereocenters. The second kappa shape index (κ2) is 6.61. The zero-order valence-corrected chi connectivity index (χ0v) is 11.3. The monoisotopic (exact) mass is 253 g/mol. The molecule has 4 nitrogen and oxygen atoms in total. The smallest absolute Gasteiger partial charge is 0.266 e. The maximum Gasteiger partial charge on any atom is 0.266 e. The number of nitrogens with zero attached hydrogens (tertiary/aromatic N) is 1. The highest BCUT2D eigenvalue weighted by Crippen LogP contribution is 2.22. The van der Waals surface area contributed by atoms with E-state index in [1.807, 2.05) is 17.8 Å². The molecule has 0 aliphatic heterocycles. The number of nitrogens with one attached hydrogen (secondary N) is 1. The molecule has 1 rings (SSSR count). The van der Waals surface area contributed by atoms with Gasteiger partial charge in [0.2, 0.25) is 0 Å². The summed E-state index contributed by atoms with van der Waals surface area (Å²) >= 11 is 1.87. The van der Waals surface area contributed by atoms with Crippen LogP contribution >= 0.6 is 11.8 Å². The Labute approximate surface area is 106 Å². The van der Waals surface area contributed by atoms with Crippen LogP contribution in [0.3, 0.4) is 0 Å². The minimum absolute atomic E-state index is 0.313. The third-order valence-electron chi connectivity index (χ3n) is 2.65. The largest absolute Gasteiger partial charge is 0.290 e. The Hall–Kier alpha value is -1.07. The Morgan fingerprint density at radius 1 is 1.47 bits per heavy atom. The number of rotatable bonds is 5. The first-order valence-corrected chi connectivity index (χ1v) is 6.67. The molecule has 0 saturated carbocycles. The summed E-state index contributed by atoms with van der Waals surface area (Å²) < 4.78 is 0. The molecule has 0 aliphatic rings. The molecule has 1 aromatic rings. The van der Waals surface area contributed by atoms with E-state index in [2.05, 4.69) is 31.2 Å². The molecule has 0 spiro atoms. The summed E-state index contributed by atoms with van der Waals surface area (Å²) in [6.45, 7) is 6.63. The zero-order valence-electron chi connectivity index (χ0n) is 10.4. The molecule has 1 unspecified atom stereocenters. The molecule has 17 heavy (non-hydrogen) atoms. The van der Waals surface area contributed by atoms with E-state index in [4.69, 9.17) is 5.84 Å². The summed E-state index contributed by atoms with van der Waals surface area (Å²) in [5.74, 6) is 6.25. The molecule has 1 heterocycles. The van der Waals surface area contributed by atoms with Crippen LogP contribution in [0.4, 0.5) is 0 Å². The van der Waals surface area contributed by atoms with Gasteiger partial charge < -0.3 is 0 Å². The Kier molecular flexibility index (Phi) is 5.44.